The fraction of sp³-hybridized carbons (Fsp3) is 0.200. The molecule has 3 rings (SSSR count). The van der Waals surface area contributed by atoms with Gasteiger partial charge < -0.3 is 19.6 Å². The summed E-state index contributed by atoms with van der Waals surface area (Å²) in [7, 11) is 0. The van der Waals surface area contributed by atoms with E-state index in [0.29, 0.717) is 24.7 Å². The molecule has 2 N–H and O–H groups in total. The fourth-order valence-corrected chi connectivity index (χ4v) is 2.58. The minimum Gasteiger partial charge on any atom is -0.489 e. The van der Waals surface area contributed by atoms with Crippen LogP contribution in [0.4, 0.5) is 4.79 Å². The Morgan fingerprint density at radius 3 is 2.50 bits per heavy atom. The Balaban J connectivity index is 1.63. The zero-order chi connectivity index (χ0) is 18.4. The van der Waals surface area contributed by atoms with Crippen molar-refractivity contribution in [1.29, 1.82) is 0 Å². The highest BCUT2D eigenvalue weighted by molar-refractivity contribution is 5.65. The second-order valence-electron chi connectivity index (χ2n) is 5.93. The van der Waals surface area contributed by atoms with Crippen LogP contribution in [0.25, 0.3) is 0 Å². The van der Waals surface area contributed by atoms with Gasteiger partial charge in [0, 0.05) is 6.42 Å². The van der Waals surface area contributed by atoms with Gasteiger partial charge in [0.05, 0.1) is 6.20 Å². The lowest BCUT2D eigenvalue weighted by Crippen LogP contribution is -2.28. The summed E-state index contributed by atoms with van der Waals surface area (Å²) >= 11 is 0. The van der Waals surface area contributed by atoms with Crippen molar-refractivity contribution < 1.29 is 19.1 Å². The molecule has 0 bridgehead atoms. The number of nitrogens with one attached hydrogen (secondary N) is 1. The maximum absolute atomic E-state index is 11.1. The SMILES string of the molecule is Cc1cnc([C@H](Cc2ccc(OCc3ccccc3)cc2)NC(=O)O)o1. The Kier molecular flexibility index (Phi) is 5.53. The minimum atomic E-state index is -1.12. The van der Waals surface area contributed by atoms with E-state index < -0.39 is 12.1 Å². The Hall–Kier alpha value is -3.28. The number of ether oxygens (including phenoxy) is 1. The normalized spacial score (nSPS) is 11.7. The Morgan fingerprint density at radius 1 is 1.15 bits per heavy atom. The van der Waals surface area contributed by atoms with E-state index in [1.54, 1.807) is 13.1 Å². The number of hydrogen-bond donors (Lipinski definition) is 2. The smallest absolute Gasteiger partial charge is 0.405 e. The molecule has 0 aliphatic heterocycles. The van der Waals surface area contributed by atoms with Gasteiger partial charge in [0.25, 0.3) is 0 Å². The molecule has 0 unspecified atom stereocenters. The van der Waals surface area contributed by atoms with Gasteiger partial charge in [-0.05, 0) is 30.2 Å². The van der Waals surface area contributed by atoms with E-state index in [2.05, 4.69) is 10.3 Å². The van der Waals surface area contributed by atoms with Crippen LogP contribution in [0.15, 0.2) is 65.2 Å². The Bertz CT molecular complexity index is 844. The quantitative estimate of drug-likeness (QED) is 0.668. The molecule has 0 radical (unpaired) electrons. The van der Waals surface area contributed by atoms with Crippen molar-refractivity contribution in [1.82, 2.24) is 10.3 Å². The lowest BCUT2D eigenvalue weighted by atomic mass is 10.1. The first-order chi connectivity index (χ1) is 12.6. The molecule has 0 aliphatic rings. The maximum atomic E-state index is 11.1. The third-order valence-corrected chi connectivity index (χ3v) is 3.85. The lowest BCUT2D eigenvalue weighted by molar-refractivity contribution is 0.187. The number of aryl methyl sites for hydroxylation is 1. The number of rotatable bonds is 7. The van der Waals surface area contributed by atoms with Gasteiger partial charge in [-0.15, -0.1) is 0 Å². The summed E-state index contributed by atoms with van der Waals surface area (Å²) in [6.45, 7) is 2.27. The molecule has 0 fully saturated rings. The summed E-state index contributed by atoms with van der Waals surface area (Å²) < 4.78 is 11.2. The molecule has 1 heterocycles. The molecule has 0 saturated heterocycles. The zero-order valence-electron chi connectivity index (χ0n) is 14.4. The van der Waals surface area contributed by atoms with Gasteiger partial charge in [0.15, 0.2) is 0 Å². The summed E-state index contributed by atoms with van der Waals surface area (Å²) in [6, 6.07) is 17.0. The first-order valence-corrected chi connectivity index (χ1v) is 8.27. The number of nitrogens with zero attached hydrogens (tertiary/aromatic N) is 1. The molecule has 6 heteroatoms. The van der Waals surface area contributed by atoms with E-state index in [4.69, 9.17) is 14.3 Å². The van der Waals surface area contributed by atoms with Crippen LogP contribution in [0.1, 0.15) is 28.8 Å². The first-order valence-electron chi connectivity index (χ1n) is 8.27. The molecule has 1 aromatic heterocycles. The van der Waals surface area contributed by atoms with Crippen molar-refractivity contribution in [3.63, 3.8) is 0 Å². The average Bonchev–Trinajstić information content (AvgIpc) is 3.07. The second-order valence-corrected chi connectivity index (χ2v) is 5.93. The fourth-order valence-electron chi connectivity index (χ4n) is 2.58. The summed E-state index contributed by atoms with van der Waals surface area (Å²) in [6.07, 6.45) is 0.895. The lowest BCUT2D eigenvalue weighted by Gasteiger charge is -2.14. The summed E-state index contributed by atoms with van der Waals surface area (Å²) in [4.78, 5) is 15.2. The minimum absolute atomic E-state index is 0.356. The number of carbonyl (C=O) groups is 1. The number of hydrogen-bond acceptors (Lipinski definition) is 4. The van der Waals surface area contributed by atoms with Crippen molar-refractivity contribution in [2.45, 2.75) is 26.0 Å². The van der Waals surface area contributed by atoms with Gasteiger partial charge >= 0.3 is 6.09 Å². The van der Waals surface area contributed by atoms with Crippen molar-refractivity contribution in [3.8, 4) is 5.75 Å². The summed E-state index contributed by atoms with van der Waals surface area (Å²) in [5.41, 5.74) is 2.05. The predicted molar refractivity (Wildman–Crippen MR) is 96.1 cm³/mol. The summed E-state index contributed by atoms with van der Waals surface area (Å²) in [5, 5.41) is 11.5. The first kappa shape index (κ1) is 17.5. The zero-order valence-corrected chi connectivity index (χ0v) is 14.4. The van der Waals surface area contributed by atoms with Crippen LogP contribution in [0, 0.1) is 6.92 Å². The summed E-state index contributed by atoms with van der Waals surface area (Å²) in [5.74, 6) is 1.75. The van der Waals surface area contributed by atoms with Crippen molar-refractivity contribution in [3.05, 3.63) is 83.6 Å². The largest absolute Gasteiger partial charge is 0.489 e. The third kappa shape index (κ3) is 4.86. The number of carboxylic acid groups (broad SMARTS) is 1. The highest BCUT2D eigenvalue weighted by Gasteiger charge is 2.19. The van der Waals surface area contributed by atoms with Gasteiger partial charge in [-0.1, -0.05) is 42.5 Å². The molecular formula is C20H20N2O4. The molecule has 6 nitrogen and oxygen atoms in total. The van der Waals surface area contributed by atoms with Crippen molar-refractivity contribution in [2.24, 2.45) is 0 Å². The van der Waals surface area contributed by atoms with Gasteiger partial charge in [-0.2, -0.15) is 0 Å². The third-order valence-electron chi connectivity index (χ3n) is 3.85. The molecule has 3 aromatic rings. The molecule has 0 aliphatic carbocycles. The topological polar surface area (TPSA) is 84.6 Å². The number of aromatic nitrogens is 1. The van der Waals surface area contributed by atoms with Gasteiger partial charge in [-0.3, -0.25) is 0 Å². The van der Waals surface area contributed by atoms with Crippen LogP contribution in [0.2, 0.25) is 0 Å². The van der Waals surface area contributed by atoms with Gasteiger partial charge in [-0.25, -0.2) is 9.78 Å². The van der Waals surface area contributed by atoms with Gasteiger partial charge in [0.2, 0.25) is 5.89 Å². The van der Waals surface area contributed by atoms with E-state index >= 15 is 0 Å². The maximum Gasteiger partial charge on any atom is 0.405 e. The molecule has 1 amide bonds. The predicted octanol–water partition coefficient (Wildman–Crippen LogP) is 4.11. The molecule has 2 aromatic carbocycles. The second kappa shape index (κ2) is 8.20. The highest BCUT2D eigenvalue weighted by atomic mass is 16.5. The Morgan fingerprint density at radius 2 is 1.88 bits per heavy atom. The molecule has 134 valence electrons. The van der Waals surface area contributed by atoms with Crippen molar-refractivity contribution >= 4 is 6.09 Å². The monoisotopic (exact) mass is 352 g/mol. The van der Waals surface area contributed by atoms with Crippen LogP contribution in [-0.2, 0) is 13.0 Å². The van der Waals surface area contributed by atoms with E-state index in [-0.39, 0.29) is 0 Å². The molecule has 0 saturated carbocycles. The van der Waals surface area contributed by atoms with Gasteiger partial charge in [0.1, 0.15) is 24.2 Å². The number of benzene rings is 2. The van der Waals surface area contributed by atoms with E-state index in [1.807, 2.05) is 54.6 Å². The van der Waals surface area contributed by atoms with Crippen LogP contribution >= 0.6 is 0 Å². The Labute approximate surface area is 151 Å². The molecule has 0 spiro atoms. The van der Waals surface area contributed by atoms with Crippen LogP contribution in [-0.4, -0.2) is 16.2 Å². The number of oxazole rings is 1. The molecule has 26 heavy (non-hydrogen) atoms. The van der Waals surface area contributed by atoms with Crippen LogP contribution in [0.3, 0.4) is 0 Å². The van der Waals surface area contributed by atoms with Crippen molar-refractivity contribution in [2.75, 3.05) is 0 Å². The van der Waals surface area contributed by atoms with E-state index in [1.165, 1.54) is 0 Å². The highest BCUT2D eigenvalue weighted by Crippen LogP contribution is 2.21. The van der Waals surface area contributed by atoms with E-state index in [0.717, 1.165) is 16.9 Å². The van der Waals surface area contributed by atoms with Crippen LogP contribution < -0.4 is 10.1 Å². The standard InChI is InChI=1S/C20H20N2O4/c1-14-12-21-19(26-14)18(22-20(23)24)11-15-7-9-17(10-8-15)25-13-16-5-3-2-4-6-16/h2-10,12,18,22H,11,13H2,1H3,(H,23,24)/t18-/m0/s1. The van der Waals surface area contributed by atoms with Crippen LogP contribution in [0.5, 0.6) is 5.75 Å². The average molecular weight is 352 g/mol. The molecular weight excluding hydrogens is 332 g/mol. The molecule has 1 atom stereocenters. The van der Waals surface area contributed by atoms with E-state index in [9.17, 15) is 4.79 Å². The number of amides is 1.